The Morgan fingerprint density at radius 2 is 1.04 bits per heavy atom. The molecule has 0 aromatic rings. The molecule has 2 fully saturated rings. The van der Waals surface area contributed by atoms with E-state index >= 15 is 0 Å². The van der Waals surface area contributed by atoms with Crippen LogP contribution in [0.15, 0.2) is 0 Å². The van der Waals surface area contributed by atoms with Gasteiger partial charge < -0.3 is 9.13 Å². The first-order valence-electron chi connectivity index (χ1n) is 11.1. The SMILES string of the molecule is CCC(C)N([SiH2]C(C)[SiH2]N(C(C)CC)C1CCCC1)C1CCCC1. The average Bonchev–Trinajstić information content (AvgIpc) is 3.29. The van der Waals surface area contributed by atoms with Crippen molar-refractivity contribution in [2.75, 3.05) is 0 Å². The van der Waals surface area contributed by atoms with Crippen molar-refractivity contribution in [3.05, 3.63) is 0 Å². The molecule has 2 atom stereocenters. The Balaban J connectivity index is 1.95. The van der Waals surface area contributed by atoms with Gasteiger partial charge in [-0.05, 0) is 55.8 Å². The van der Waals surface area contributed by atoms with Gasteiger partial charge in [0.15, 0.2) is 0 Å². The molecule has 0 radical (unpaired) electrons. The van der Waals surface area contributed by atoms with Crippen molar-refractivity contribution in [3.8, 4) is 0 Å². The van der Waals surface area contributed by atoms with Gasteiger partial charge in [0.05, 0.1) is 19.4 Å². The van der Waals surface area contributed by atoms with E-state index in [1.807, 2.05) is 0 Å². The Morgan fingerprint density at radius 1 is 0.708 bits per heavy atom. The highest BCUT2D eigenvalue weighted by molar-refractivity contribution is 6.55. The molecule has 0 heterocycles. The van der Waals surface area contributed by atoms with Gasteiger partial charge in [-0.3, -0.25) is 0 Å². The minimum absolute atomic E-state index is 0.0941. The van der Waals surface area contributed by atoms with Gasteiger partial charge in [0.2, 0.25) is 0 Å². The molecule has 142 valence electrons. The van der Waals surface area contributed by atoms with Crippen LogP contribution in [0.4, 0.5) is 0 Å². The predicted molar refractivity (Wildman–Crippen MR) is 114 cm³/mol. The maximum absolute atomic E-state index is 3.05. The highest BCUT2D eigenvalue weighted by atomic mass is 28.3. The van der Waals surface area contributed by atoms with Crippen LogP contribution in [-0.2, 0) is 0 Å². The Hall–Kier alpha value is 0.354. The van der Waals surface area contributed by atoms with Crippen molar-refractivity contribution in [1.29, 1.82) is 0 Å². The molecule has 2 rings (SSSR count). The lowest BCUT2D eigenvalue weighted by Crippen LogP contribution is -2.49. The first-order chi connectivity index (χ1) is 11.6. The van der Waals surface area contributed by atoms with E-state index in [1.54, 1.807) is 0 Å². The van der Waals surface area contributed by atoms with E-state index in [2.05, 4.69) is 43.7 Å². The third-order valence-electron chi connectivity index (χ3n) is 6.95. The second kappa shape index (κ2) is 10.5. The highest BCUT2D eigenvalue weighted by Crippen LogP contribution is 2.29. The van der Waals surface area contributed by atoms with Gasteiger partial charge in [0.1, 0.15) is 0 Å². The Kier molecular flexibility index (Phi) is 9.03. The van der Waals surface area contributed by atoms with Gasteiger partial charge in [-0.15, -0.1) is 0 Å². The summed E-state index contributed by atoms with van der Waals surface area (Å²) in [7, 11) is -0.188. The van der Waals surface area contributed by atoms with E-state index in [0.717, 1.165) is 29.3 Å². The van der Waals surface area contributed by atoms with Crippen molar-refractivity contribution in [2.24, 2.45) is 0 Å². The molecule has 0 aromatic heterocycles. The maximum atomic E-state index is 3.05. The number of hydrogen-bond acceptors (Lipinski definition) is 2. The zero-order valence-corrected chi connectivity index (χ0v) is 20.1. The fourth-order valence-electron chi connectivity index (χ4n) is 5.10. The second-order valence-corrected chi connectivity index (χ2v) is 15.0. The van der Waals surface area contributed by atoms with Crippen LogP contribution in [0.2, 0.25) is 5.16 Å². The maximum Gasteiger partial charge on any atom is 0.0966 e. The molecule has 0 saturated heterocycles. The largest absolute Gasteiger partial charge is 0.324 e. The zero-order chi connectivity index (χ0) is 17.5. The summed E-state index contributed by atoms with van der Waals surface area (Å²) in [6.07, 6.45) is 14.6. The summed E-state index contributed by atoms with van der Waals surface area (Å²) in [5, 5.41) is 1.06. The monoisotopic (exact) mass is 368 g/mol. The summed E-state index contributed by atoms with van der Waals surface area (Å²) < 4.78 is 6.10. The Morgan fingerprint density at radius 3 is 1.33 bits per heavy atom. The van der Waals surface area contributed by atoms with Gasteiger partial charge in [-0.25, -0.2) is 0 Å². The van der Waals surface area contributed by atoms with Crippen molar-refractivity contribution in [3.63, 3.8) is 0 Å². The van der Waals surface area contributed by atoms with Gasteiger partial charge in [-0.2, -0.15) is 0 Å². The minimum atomic E-state index is -0.0941. The van der Waals surface area contributed by atoms with Crippen LogP contribution in [0.3, 0.4) is 0 Å². The van der Waals surface area contributed by atoms with E-state index < -0.39 is 0 Å². The zero-order valence-electron chi connectivity index (χ0n) is 17.3. The lowest BCUT2D eigenvalue weighted by atomic mass is 10.2. The van der Waals surface area contributed by atoms with Crippen molar-refractivity contribution < 1.29 is 0 Å². The quantitative estimate of drug-likeness (QED) is 0.538. The average molecular weight is 369 g/mol. The van der Waals surface area contributed by atoms with Crippen LogP contribution in [0.25, 0.3) is 0 Å². The van der Waals surface area contributed by atoms with Crippen LogP contribution in [0.1, 0.15) is 98.8 Å². The summed E-state index contributed by atoms with van der Waals surface area (Å²) in [6, 6.07) is 3.57. The highest BCUT2D eigenvalue weighted by Gasteiger charge is 2.30. The predicted octanol–water partition coefficient (Wildman–Crippen LogP) is 4.01. The molecule has 2 unspecified atom stereocenters. The molecule has 2 saturated carbocycles. The summed E-state index contributed by atoms with van der Waals surface area (Å²) in [4.78, 5) is 0. The molecule has 2 nitrogen and oxygen atoms in total. The Labute approximate surface area is 156 Å². The topological polar surface area (TPSA) is 6.48 Å². The van der Waals surface area contributed by atoms with Crippen LogP contribution >= 0.6 is 0 Å². The van der Waals surface area contributed by atoms with Crippen molar-refractivity contribution >= 4 is 19.4 Å². The molecule has 0 spiro atoms. The van der Waals surface area contributed by atoms with Crippen LogP contribution < -0.4 is 0 Å². The number of nitrogens with zero attached hydrogens (tertiary/aromatic N) is 2. The fraction of sp³-hybridized carbons (Fsp3) is 1.00. The van der Waals surface area contributed by atoms with Crippen LogP contribution in [0, 0.1) is 0 Å². The lowest BCUT2D eigenvalue weighted by molar-refractivity contribution is 0.253. The molecule has 0 aromatic carbocycles. The molecule has 0 N–H and O–H groups in total. The molecular formula is C20H44N2Si2. The molecule has 0 bridgehead atoms. The second-order valence-electron chi connectivity index (χ2n) is 8.89. The molecule has 2 aliphatic rings. The molecule has 0 amide bonds. The Bertz CT molecular complexity index is 309. The van der Waals surface area contributed by atoms with Crippen molar-refractivity contribution in [2.45, 2.75) is 128 Å². The standard InChI is InChI=1S/C20H44N2Si2/c1-6-16(3)21(19-12-8-9-13-19)23-18(5)24-22(17(4)7-2)20-14-10-11-15-20/h16-20H,6-15,23-24H2,1-5H3. The third-order valence-corrected chi connectivity index (χ3v) is 12.9. The van der Waals surface area contributed by atoms with Crippen LogP contribution in [-0.4, -0.2) is 52.7 Å². The lowest BCUT2D eigenvalue weighted by Gasteiger charge is -2.40. The molecule has 24 heavy (non-hydrogen) atoms. The smallest absolute Gasteiger partial charge is 0.0966 e. The summed E-state index contributed by atoms with van der Waals surface area (Å²) >= 11 is 0. The van der Waals surface area contributed by atoms with E-state index in [4.69, 9.17) is 0 Å². The normalized spacial score (nSPS) is 25.1. The number of rotatable bonds is 10. The molecule has 2 aliphatic carbocycles. The van der Waals surface area contributed by atoms with E-state index in [-0.39, 0.29) is 19.4 Å². The third kappa shape index (κ3) is 5.68. The van der Waals surface area contributed by atoms with Gasteiger partial charge in [0.25, 0.3) is 0 Å². The minimum Gasteiger partial charge on any atom is -0.324 e. The van der Waals surface area contributed by atoms with E-state index in [1.165, 1.54) is 64.2 Å². The summed E-state index contributed by atoms with van der Waals surface area (Å²) in [5.41, 5.74) is 0. The van der Waals surface area contributed by atoms with Gasteiger partial charge >= 0.3 is 0 Å². The van der Waals surface area contributed by atoms with Gasteiger partial charge in [0, 0.05) is 12.1 Å². The van der Waals surface area contributed by atoms with Gasteiger partial charge in [-0.1, -0.05) is 60.3 Å². The summed E-state index contributed by atoms with van der Waals surface area (Å²) in [6.45, 7) is 12.4. The van der Waals surface area contributed by atoms with E-state index in [9.17, 15) is 0 Å². The fourth-order valence-corrected chi connectivity index (χ4v) is 11.3. The van der Waals surface area contributed by atoms with Crippen molar-refractivity contribution in [1.82, 2.24) is 9.13 Å². The molecule has 0 aliphatic heterocycles. The van der Waals surface area contributed by atoms with E-state index in [0.29, 0.717) is 0 Å². The molecule has 4 heteroatoms. The first kappa shape index (κ1) is 20.7. The summed E-state index contributed by atoms with van der Waals surface area (Å²) in [5.74, 6) is 0. The van der Waals surface area contributed by atoms with Crippen LogP contribution in [0.5, 0.6) is 0 Å². The molecular weight excluding hydrogens is 324 g/mol. The first-order valence-corrected chi connectivity index (χ1v) is 14.0. The number of hydrogen-bond donors (Lipinski definition) is 0.